The smallest absolute Gasteiger partial charge is 0.220 e. The fourth-order valence-corrected chi connectivity index (χ4v) is 2.67. The van der Waals surface area contributed by atoms with E-state index in [-0.39, 0.29) is 11.4 Å². The lowest BCUT2D eigenvalue weighted by Crippen LogP contribution is -2.48. The predicted octanol–water partition coefficient (Wildman–Crippen LogP) is 2.30. The maximum atomic E-state index is 11.6. The third kappa shape index (κ3) is 4.63. The Bertz CT molecular complexity index is 363. The number of aryl methyl sites for hydroxylation is 1. The van der Waals surface area contributed by atoms with E-state index in [1.54, 1.807) is 11.3 Å². The zero-order chi connectivity index (χ0) is 12.2. The Balaban J connectivity index is 2.36. The van der Waals surface area contributed by atoms with E-state index in [4.69, 9.17) is 5.73 Å². The van der Waals surface area contributed by atoms with E-state index in [1.165, 1.54) is 4.88 Å². The van der Waals surface area contributed by atoms with Crippen LogP contribution in [-0.4, -0.2) is 18.0 Å². The SMILES string of the molecule is CC(C)(CN)NC(=O)CCc1cc(Br)cs1. The molecule has 1 rings (SSSR count). The topological polar surface area (TPSA) is 55.1 Å². The van der Waals surface area contributed by atoms with Gasteiger partial charge in [0, 0.05) is 33.2 Å². The number of rotatable bonds is 5. The average molecular weight is 305 g/mol. The van der Waals surface area contributed by atoms with E-state index in [9.17, 15) is 4.79 Å². The van der Waals surface area contributed by atoms with Crippen molar-refractivity contribution in [2.75, 3.05) is 6.54 Å². The fourth-order valence-electron chi connectivity index (χ4n) is 1.21. The summed E-state index contributed by atoms with van der Waals surface area (Å²) in [5.74, 6) is 0.0555. The number of hydrogen-bond donors (Lipinski definition) is 2. The van der Waals surface area contributed by atoms with Gasteiger partial charge in [-0.15, -0.1) is 11.3 Å². The fraction of sp³-hybridized carbons (Fsp3) is 0.545. The molecule has 90 valence electrons. The van der Waals surface area contributed by atoms with Gasteiger partial charge in [-0.05, 0) is 42.3 Å². The van der Waals surface area contributed by atoms with Crippen LogP contribution in [0.15, 0.2) is 15.9 Å². The monoisotopic (exact) mass is 304 g/mol. The van der Waals surface area contributed by atoms with Crippen molar-refractivity contribution in [1.29, 1.82) is 0 Å². The molecule has 0 fully saturated rings. The van der Waals surface area contributed by atoms with Gasteiger partial charge in [-0.3, -0.25) is 4.79 Å². The number of halogens is 1. The minimum atomic E-state index is -0.312. The van der Waals surface area contributed by atoms with Gasteiger partial charge in [0.1, 0.15) is 0 Å². The maximum Gasteiger partial charge on any atom is 0.220 e. The molecule has 0 bridgehead atoms. The molecule has 0 radical (unpaired) electrons. The van der Waals surface area contributed by atoms with Crippen LogP contribution in [0.1, 0.15) is 25.1 Å². The second-order valence-corrected chi connectivity index (χ2v) is 6.28. The van der Waals surface area contributed by atoms with Gasteiger partial charge in [-0.25, -0.2) is 0 Å². The van der Waals surface area contributed by atoms with Gasteiger partial charge in [0.15, 0.2) is 0 Å². The number of nitrogens with one attached hydrogen (secondary N) is 1. The third-order valence-electron chi connectivity index (χ3n) is 2.21. The van der Waals surface area contributed by atoms with Gasteiger partial charge in [0.2, 0.25) is 5.91 Å². The molecule has 3 nitrogen and oxygen atoms in total. The third-order valence-corrected chi connectivity index (χ3v) is 3.97. The summed E-state index contributed by atoms with van der Waals surface area (Å²) < 4.78 is 1.08. The summed E-state index contributed by atoms with van der Waals surface area (Å²) in [6, 6.07) is 2.05. The largest absolute Gasteiger partial charge is 0.350 e. The minimum absolute atomic E-state index is 0.0555. The van der Waals surface area contributed by atoms with Crippen molar-refractivity contribution >= 4 is 33.2 Å². The Kier molecular flexibility index (Phi) is 4.95. The Hall–Kier alpha value is -0.390. The lowest BCUT2D eigenvalue weighted by Gasteiger charge is -2.24. The molecule has 0 aromatic carbocycles. The summed E-state index contributed by atoms with van der Waals surface area (Å²) in [6.07, 6.45) is 1.29. The first-order valence-electron chi connectivity index (χ1n) is 5.17. The van der Waals surface area contributed by atoms with Crippen LogP contribution in [0, 0.1) is 0 Å². The van der Waals surface area contributed by atoms with E-state index in [1.807, 2.05) is 25.3 Å². The van der Waals surface area contributed by atoms with Crippen LogP contribution >= 0.6 is 27.3 Å². The standard InChI is InChI=1S/C11H17BrN2OS/c1-11(2,7-13)14-10(15)4-3-9-5-8(12)6-16-9/h5-6H,3-4,7,13H2,1-2H3,(H,14,15). The molecule has 16 heavy (non-hydrogen) atoms. The molecule has 0 saturated heterocycles. The van der Waals surface area contributed by atoms with E-state index in [0.29, 0.717) is 13.0 Å². The van der Waals surface area contributed by atoms with Crippen LogP contribution in [0.25, 0.3) is 0 Å². The Morgan fingerprint density at radius 2 is 2.31 bits per heavy atom. The van der Waals surface area contributed by atoms with Crippen molar-refractivity contribution in [2.24, 2.45) is 5.73 Å². The molecule has 5 heteroatoms. The number of carbonyl (C=O) groups excluding carboxylic acids is 1. The zero-order valence-corrected chi connectivity index (χ0v) is 12.0. The van der Waals surface area contributed by atoms with Crippen molar-refractivity contribution in [1.82, 2.24) is 5.32 Å². The van der Waals surface area contributed by atoms with Crippen molar-refractivity contribution in [3.05, 3.63) is 20.8 Å². The molecule has 0 spiro atoms. The summed E-state index contributed by atoms with van der Waals surface area (Å²) in [4.78, 5) is 12.8. The van der Waals surface area contributed by atoms with E-state index < -0.39 is 0 Å². The Morgan fingerprint density at radius 1 is 1.62 bits per heavy atom. The molecule has 1 aromatic rings. The van der Waals surface area contributed by atoms with Crippen LogP contribution in [0.4, 0.5) is 0 Å². The maximum absolute atomic E-state index is 11.6. The molecule has 0 aliphatic rings. The van der Waals surface area contributed by atoms with Gasteiger partial charge in [0.05, 0.1) is 0 Å². The second-order valence-electron chi connectivity index (χ2n) is 4.37. The number of hydrogen-bond acceptors (Lipinski definition) is 3. The Labute approximate surface area is 109 Å². The van der Waals surface area contributed by atoms with Crippen LogP contribution in [0.2, 0.25) is 0 Å². The van der Waals surface area contributed by atoms with Crippen LogP contribution in [0.5, 0.6) is 0 Å². The summed E-state index contributed by atoms with van der Waals surface area (Å²) in [5, 5.41) is 4.94. The van der Waals surface area contributed by atoms with Gasteiger partial charge >= 0.3 is 0 Å². The number of nitrogens with two attached hydrogens (primary N) is 1. The highest BCUT2D eigenvalue weighted by molar-refractivity contribution is 9.10. The molecule has 0 aliphatic heterocycles. The molecule has 1 heterocycles. The number of carbonyl (C=O) groups is 1. The molecule has 0 unspecified atom stereocenters. The molecule has 3 N–H and O–H groups in total. The normalized spacial score (nSPS) is 11.5. The lowest BCUT2D eigenvalue weighted by molar-refractivity contribution is -0.122. The molecule has 1 amide bonds. The molecular formula is C11H17BrN2OS. The van der Waals surface area contributed by atoms with Crippen molar-refractivity contribution in [3.8, 4) is 0 Å². The number of amides is 1. The molecular weight excluding hydrogens is 288 g/mol. The van der Waals surface area contributed by atoms with Gasteiger partial charge in [-0.2, -0.15) is 0 Å². The first kappa shape index (κ1) is 13.7. The minimum Gasteiger partial charge on any atom is -0.350 e. The van der Waals surface area contributed by atoms with Gasteiger partial charge in [-0.1, -0.05) is 0 Å². The molecule has 1 aromatic heterocycles. The second kappa shape index (κ2) is 5.80. The first-order chi connectivity index (χ1) is 7.43. The van der Waals surface area contributed by atoms with Crippen LogP contribution < -0.4 is 11.1 Å². The summed E-state index contributed by atoms with van der Waals surface area (Å²) in [6.45, 7) is 4.29. The van der Waals surface area contributed by atoms with E-state index in [0.717, 1.165) is 10.9 Å². The quantitative estimate of drug-likeness (QED) is 0.877. The summed E-state index contributed by atoms with van der Waals surface area (Å²) in [7, 11) is 0. The van der Waals surface area contributed by atoms with Gasteiger partial charge < -0.3 is 11.1 Å². The van der Waals surface area contributed by atoms with Crippen LogP contribution in [-0.2, 0) is 11.2 Å². The molecule has 0 saturated carbocycles. The molecule has 0 atom stereocenters. The highest BCUT2D eigenvalue weighted by atomic mass is 79.9. The van der Waals surface area contributed by atoms with E-state index in [2.05, 4.69) is 21.2 Å². The lowest BCUT2D eigenvalue weighted by atomic mass is 10.1. The predicted molar refractivity (Wildman–Crippen MR) is 71.6 cm³/mol. The van der Waals surface area contributed by atoms with Crippen LogP contribution in [0.3, 0.4) is 0 Å². The summed E-state index contributed by atoms with van der Waals surface area (Å²) >= 11 is 5.06. The number of thiophene rings is 1. The van der Waals surface area contributed by atoms with Crippen molar-refractivity contribution < 1.29 is 4.79 Å². The summed E-state index contributed by atoms with van der Waals surface area (Å²) in [5.41, 5.74) is 5.23. The van der Waals surface area contributed by atoms with Gasteiger partial charge in [0.25, 0.3) is 0 Å². The molecule has 0 aliphatic carbocycles. The Morgan fingerprint density at radius 3 is 2.81 bits per heavy atom. The van der Waals surface area contributed by atoms with E-state index >= 15 is 0 Å². The highest BCUT2D eigenvalue weighted by Gasteiger charge is 2.17. The first-order valence-corrected chi connectivity index (χ1v) is 6.84. The van der Waals surface area contributed by atoms with Crippen molar-refractivity contribution in [3.63, 3.8) is 0 Å². The highest BCUT2D eigenvalue weighted by Crippen LogP contribution is 2.20. The zero-order valence-electron chi connectivity index (χ0n) is 9.55. The van der Waals surface area contributed by atoms with Crippen molar-refractivity contribution in [2.45, 2.75) is 32.2 Å². The average Bonchev–Trinajstić information content (AvgIpc) is 2.61.